The molecular weight excluding hydrogens is 716 g/mol. The van der Waals surface area contributed by atoms with Gasteiger partial charge in [-0.1, -0.05) is 48.9 Å². The van der Waals surface area contributed by atoms with Crippen LogP contribution in [-0.4, -0.2) is 28.6 Å². The van der Waals surface area contributed by atoms with Crippen molar-refractivity contribution in [2.75, 3.05) is 10.1 Å². The molecule has 0 saturated carbocycles. The van der Waals surface area contributed by atoms with Crippen LogP contribution < -0.4 is 20.5 Å². The molecule has 0 saturated heterocycles. The first-order valence-electron chi connectivity index (χ1n) is 14.1. The molecule has 6 aromatic rings. The molecule has 0 amide bonds. The Kier molecular flexibility index (Phi) is 7.34. The maximum atomic E-state index is 4.97. The number of aromatic nitrogens is 2. The molecule has 7 heteroatoms. The van der Waals surface area contributed by atoms with E-state index in [2.05, 4.69) is 141 Å². The molecular formula is C35H33N4OPtSi-. The van der Waals surface area contributed by atoms with E-state index in [-0.39, 0.29) is 27.1 Å². The quantitative estimate of drug-likeness (QED) is 0.107. The van der Waals surface area contributed by atoms with Crippen LogP contribution in [0.3, 0.4) is 0 Å². The molecule has 2 aromatic heterocycles. The van der Waals surface area contributed by atoms with E-state index in [4.69, 9.17) is 9.92 Å². The zero-order valence-electron chi connectivity index (χ0n) is 24.4. The molecule has 0 spiro atoms. The number of nitrogens with zero attached hydrogens (tertiary/aromatic N) is 4. The number of benzene rings is 4. The van der Waals surface area contributed by atoms with Gasteiger partial charge in [0.1, 0.15) is 17.2 Å². The SMILES string of the molecule is Cc1ccnc(-n2c3[c-]c([Si](C)(C)c4[c-]c(N5[OH+]N(C(C)C)c6ccccc65)ccc4)ccc3c3ccccc32)c1.[Pt]. The summed E-state index contributed by atoms with van der Waals surface area (Å²) in [5.74, 6) is 0.918. The number of para-hydroxylation sites is 3. The van der Waals surface area contributed by atoms with Gasteiger partial charge >= 0.3 is 0 Å². The van der Waals surface area contributed by atoms with Crippen LogP contribution in [0.25, 0.3) is 27.6 Å². The fraction of sp³-hybridized carbons (Fsp3) is 0.171. The fourth-order valence-electron chi connectivity index (χ4n) is 5.82. The molecule has 1 aliphatic heterocycles. The average Bonchev–Trinajstić information content (AvgIpc) is 3.53. The first-order valence-corrected chi connectivity index (χ1v) is 17.1. The van der Waals surface area contributed by atoms with Gasteiger partial charge < -0.3 is 4.57 Å². The Balaban J connectivity index is 0.00000316. The number of fused-ring (bicyclic) bond motifs is 4. The van der Waals surface area contributed by atoms with Crippen molar-refractivity contribution < 1.29 is 26.0 Å². The summed E-state index contributed by atoms with van der Waals surface area (Å²) in [6.45, 7) is 11.2. The van der Waals surface area contributed by atoms with Gasteiger partial charge in [-0.3, -0.25) is 0 Å². The smallest absolute Gasteiger partial charge is 0.145 e. The van der Waals surface area contributed by atoms with Gasteiger partial charge in [0.25, 0.3) is 0 Å². The Bertz CT molecular complexity index is 1930. The summed E-state index contributed by atoms with van der Waals surface area (Å²) in [6.07, 6.45) is 1.89. The van der Waals surface area contributed by atoms with Crippen LogP contribution in [0, 0.1) is 19.1 Å². The Hall–Kier alpha value is -3.70. The second kappa shape index (κ2) is 10.8. The third kappa shape index (κ3) is 4.59. The third-order valence-corrected chi connectivity index (χ3v) is 11.4. The van der Waals surface area contributed by atoms with Crippen LogP contribution in [0.5, 0.6) is 0 Å². The molecule has 0 fully saturated rings. The number of anilines is 3. The number of hydrogen-bond acceptors (Lipinski definition) is 3. The Morgan fingerprint density at radius 2 is 1.52 bits per heavy atom. The minimum atomic E-state index is -2.20. The van der Waals surface area contributed by atoms with E-state index in [1.165, 1.54) is 26.7 Å². The van der Waals surface area contributed by atoms with Crippen LogP contribution in [0.15, 0.2) is 97.2 Å². The van der Waals surface area contributed by atoms with Gasteiger partial charge in [-0.25, -0.2) is 4.98 Å². The van der Waals surface area contributed by atoms with Crippen molar-refractivity contribution in [3.63, 3.8) is 0 Å². The summed E-state index contributed by atoms with van der Waals surface area (Å²) < 4.78 is 2.26. The number of hydrogen-bond donors (Lipinski definition) is 0. The topological polar surface area (TPSA) is 37.1 Å². The Morgan fingerprint density at radius 1 is 0.786 bits per heavy atom. The van der Waals surface area contributed by atoms with Gasteiger partial charge in [-0.15, -0.1) is 21.6 Å². The minimum Gasteiger partial charge on any atom is -0.319 e. The van der Waals surface area contributed by atoms with Gasteiger partial charge in [-0.05, 0) is 62.1 Å². The molecule has 0 aliphatic carbocycles. The van der Waals surface area contributed by atoms with Crippen LogP contribution >= 0.6 is 0 Å². The zero-order valence-corrected chi connectivity index (χ0v) is 27.6. The van der Waals surface area contributed by atoms with E-state index in [1.807, 2.05) is 17.3 Å². The molecule has 4 aromatic carbocycles. The summed E-state index contributed by atoms with van der Waals surface area (Å²) in [4.78, 5) is 9.72. The normalized spacial score (nSPS) is 13.2. The van der Waals surface area contributed by atoms with Gasteiger partial charge in [0.05, 0.1) is 14.1 Å². The molecule has 0 unspecified atom stereocenters. The van der Waals surface area contributed by atoms with Gasteiger partial charge in [0, 0.05) is 38.5 Å². The Labute approximate surface area is 262 Å². The van der Waals surface area contributed by atoms with E-state index in [9.17, 15) is 0 Å². The van der Waals surface area contributed by atoms with Gasteiger partial charge in [0.15, 0.2) is 0 Å². The third-order valence-electron chi connectivity index (χ3n) is 8.10. The summed E-state index contributed by atoms with van der Waals surface area (Å²) in [5, 5.41) is 8.97. The summed E-state index contributed by atoms with van der Waals surface area (Å²) in [6, 6.07) is 40.1. The van der Waals surface area contributed by atoms with E-state index in [1.54, 1.807) is 0 Å². The van der Waals surface area contributed by atoms with Crippen molar-refractivity contribution >= 4 is 57.3 Å². The monoisotopic (exact) mass is 748 g/mol. The molecule has 0 bridgehead atoms. The molecule has 0 atom stereocenters. The van der Waals surface area contributed by atoms with Crippen LogP contribution in [-0.2, 0) is 21.1 Å². The summed E-state index contributed by atoms with van der Waals surface area (Å²) in [7, 11) is -2.20. The molecule has 7 rings (SSSR count). The largest absolute Gasteiger partial charge is 0.319 e. The van der Waals surface area contributed by atoms with Crippen LogP contribution in [0.1, 0.15) is 19.4 Å². The average molecular weight is 749 g/mol. The zero-order chi connectivity index (χ0) is 28.3. The number of pyridine rings is 1. The van der Waals surface area contributed by atoms with Crippen molar-refractivity contribution in [1.82, 2.24) is 9.55 Å². The van der Waals surface area contributed by atoms with E-state index in [0.29, 0.717) is 0 Å². The number of hydroxylamine groups is 1. The molecule has 3 heterocycles. The standard InChI is InChI=1S/C35H32N4OSi.Pt/c1-24(2)38-32-15-8-9-16-33(32)39(40-38)26-11-10-12-27(22-26)41(4,5)28-17-18-30-29-13-6-7-14-31(29)37(34(30)23-28)35-21-25(3)19-20-36-35;/h6-21,24H,1-5H3;/q-2;/p+1. The second-order valence-corrected chi connectivity index (χ2v) is 15.9. The predicted octanol–water partition coefficient (Wildman–Crippen LogP) is 7.11. The molecule has 1 aliphatic rings. The number of aryl methyl sites for hydroxylation is 1. The summed E-state index contributed by atoms with van der Waals surface area (Å²) in [5.41, 5.74) is 6.55. The van der Waals surface area contributed by atoms with Gasteiger partial charge in [-0.2, -0.15) is 51.7 Å². The first kappa shape index (κ1) is 28.4. The predicted molar refractivity (Wildman–Crippen MR) is 172 cm³/mol. The van der Waals surface area contributed by atoms with Crippen LogP contribution in [0.2, 0.25) is 13.1 Å². The summed E-state index contributed by atoms with van der Waals surface area (Å²) >= 11 is 0. The molecule has 42 heavy (non-hydrogen) atoms. The maximum Gasteiger partial charge on any atom is 0.145 e. The van der Waals surface area contributed by atoms with Crippen molar-refractivity contribution in [2.45, 2.75) is 39.9 Å². The van der Waals surface area contributed by atoms with Crippen molar-refractivity contribution in [2.24, 2.45) is 0 Å². The van der Waals surface area contributed by atoms with E-state index in [0.717, 1.165) is 33.9 Å². The molecule has 0 radical (unpaired) electrons. The van der Waals surface area contributed by atoms with Crippen molar-refractivity contribution in [1.29, 1.82) is 0 Å². The van der Waals surface area contributed by atoms with Crippen molar-refractivity contribution in [3.05, 3.63) is 115 Å². The first-order chi connectivity index (χ1) is 19.8. The molecule has 5 nitrogen and oxygen atoms in total. The minimum absolute atomic E-state index is 0. The molecule has 214 valence electrons. The van der Waals surface area contributed by atoms with E-state index < -0.39 is 8.07 Å². The maximum absolute atomic E-state index is 4.97. The van der Waals surface area contributed by atoms with Crippen LogP contribution in [0.4, 0.5) is 17.1 Å². The van der Waals surface area contributed by atoms with Gasteiger partial charge in [0.2, 0.25) is 0 Å². The molecule has 1 N–H and O–H groups in total. The Morgan fingerprint density at radius 3 is 2.31 bits per heavy atom. The fourth-order valence-corrected chi connectivity index (χ4v) is 7.99. The van der Waals surface area contributed by atoms with Crippen molar-refractivity contribution in [3.8, 4) is 5.82 Å². The van der Waals surface area contributed by atoms with E-state index >= 15 is 0 Å². The second-order valence-electron chi connectivity index (χ2n) is 11.6. The number of rotatable bonds is 5.